The van der Waals surface area contributed by atoms with Gasteiger partial charge in [0.05, 0.1) is 13.2 Å². The fourth-order valence-electron chi connectivity index (χ4n) is 3.72. The summed E-state index contributed by atoms with van der Waals surface area (Å²) >= 11 is 6.07. The number of nitrogens with zero attached hydrogens (tertiary/aromatic N) is 2. The minimum Gasteiger partial charge on any atom is -1.00 e. The standard InChI is InChI=1S/C25H22ClN2O2.BrH/c26-20-7-9-22-23-10-8-21(16-25(23)30-24(22)15-20)29-14-4-11-27-12-13-28(18-27)17-19-5-2-1-3-6-19;/h1-3,5-10,12-13,15-16,18H,4,11,14,17H2;1H/q+1;/p-1. The summed E-state index contributed by atoms with van der Waals surface area (Å²) in [5, 5.41) is 2.81. The molecule has 6 heteroatoms. The topological polar surface area (TPSA) is 31.2 Å². The average molecular weight is 498 g/mol. The molecule has 0 spiro atoms. The van der Waals surface area contributed by atoms with E-state index in [4.69, 9.17) is 20.8 Å². The van der Waals surface area contributed by atoms with Crippen molar-refractivity contribution in [2.75, 3.05) is 6.61 Å². The van der Waals surface area contributed by atoms with Crippen molar-refractivity contribution in [3.8, 4) is 5.75 Å². The van der Waals surface area contributed by atoms with Crippen molar-refractivity contribution in [3.05, 3.63) is 96.0 Å². The van der Waals surface area contributed by atoms with Gasteiger partial charge in [-0.15, -0.1) is 0 Å². The van der Waals surface area contributed by atoms with Crippen LogP contribution in [0.5, 0.6) is 5.75 Å². The van der Waals surface area contributed by atoms with Gasteiger partial charge in [-0.05, 0) is 29.8 Å². The summed E-state index contributed by atoms with van der Waals surface area (Å²) in [7, 11) is 0. The highest BCUT2D eigenvalue weighted by molar-refractivity contribution is 6.31. The van der Waals surface area contributed by atoms with Gasteiger partial charge in [0.1, 0.15) is 35.9 Å². The van der Waals surface area contributed by atoms with Crippen LogP contribution in [0.25, 0.3) is 21.9 Å². The van der Waals surface area contributed by atoms with Gasteiger partial charge in [-0.3, -0.25) is 0 Å². The van der Waals surface area contributed by atoms with E-state index in [1.165, 1.54) is 5.56 Å². The van der Waals surface area contributed by atoms with Crippen LogP contribution in [0.2, 0.25) is 5.02 Å². The summed E-state index contributed by atoms with van der Waals surface area (Å²) in [5.74, 6) is 0.819. The zero-order valence-electron chi connectivity index (χ0n) is 16.9. The van der Waals surface area contributed by atoms with E-state index in [1.807, 2.05) is 42.5 Å². The molecule has 0 fully saturated rings. The summed E-state index contributed by atoms with van der Waals surface area (Å²) in [4.78, 5) is 0. The highest BCUT2D eigenvalue weighted by atomic mass is 79.9. The van der Waals surface area contributed by atoms with Crippen molar-refractivity contribution < 1.29 is 30.7 Å². The Balaban J connectivity index is 0.00000231. The highest BCUT2D eigenvalue weighted by Crippen LogP contribution is 2.32. The molecule has 2 heterocycles. The first kappa shape index (κ1) is 21.5. The van der Waals surface area contributed by atoms with Crippen LogP contribution in [0.15, 0.2) is 89.9 Å². The lowest BCUT2D eigenvalue weighted by Gasteiger charge is -2.05. The second-order valence-electron chi connectivity index (χ2n) is 7.41. The zero-order chi connectivity index (χ0) is 20.3. The van der Waals surface area contributed by atoms with Gasteiger partial charge in [0.25, 0.3) is 0 Å². The first-order chi connectivity index (χ1) is 14.7. The Bertz CT molecular complexity index is 1300. The van der Waals surface area contributed by atoms with Gasteiger partial charge in [-0.1, -0.05) is 41.9 Å². The molecule has 0 atom stereocenters. The van der Waals surface area contributed by atoms with Crippen LogP contribution < -0.4 is 26.3 Å². The number of benzene rings is 3. The first-order valence-electron chi connectivity index (χ1n) is 10.1. The quantitative estimate of drug-likeness (QED) is 0.256. The van der Waals surface area contributed by atoms with E-state index in [0.717, 1.165) is 47.2 Å². The van der Waals surface area contributed by atoms with Crippen molar-refractivity contribution in [2.24, 2.45) is 0 Å². The minimum absolute atomic E-state index is 0. The second kappa shape index (κ2) is 9.58. The van der Waals surface area contributed by atoms with Crippen LogP contribution >= 0.6 is 11.6 Å². The third-order valence-electron chi connectivity index (χ3n) is 5.19. The van der Waals surface area contributed by atoms with E-state index in [9.17, 15) is 0 Å². The van der Waals surface area contributed by atoms with E-state index >= 15 is 0 Å². The molecule has 0 aliphatic carbocycles. The number of aromatic nitrogens is 2. The maximum Gasteiger partial charge on any atom is 0.244 e. The summed E-state index contributed by atoms with van der Waals surface area (Å²) in [5.41, 5.74) is 2.91. The molecule has 3 aromatic carbocycles. The normalized spacial score (nSPS) is 11.0. The molecule has 0 aliphatic rings. The molecule has 0 unspecified atom stereocenters. The van der Waals surface area contributed by atoms with Crippen LogP contribution in [0.1, 0.15) is 12.0 Å². The summed E-state index contributed by atoms with van der Waals surface area (Å²) in [6.45, 7) is 2.44. The number of fused-ring (bicyclic) bond motifs is 3. The summed E-state index contributed by atoms with van der Waals surface area (Å²) in [6, 6.07) is 22.2. The number of ether oxygens (including phenoxy) is 1. The number of rotatable bonds is 7. The van der Waals surface area contributed by atoms with Crippen molar-refractivity contribution >= 4 is 33.5 Å². The fraction of sp³-hybridized carbons (Fsp3) is 0.160. The van der Waals surface area contributed by atoms with E-state index in [1.54, 1.807) is 0 Å². The predicted octanol–water partition coefficient (Wildman–Crippen LogP) is 2.85. The van der Waals surface area contributed by atoms with Gasteiger partial charge in [0.15, 0.2) is 0 Å². The Hall–Kier alpha value is -2.76. The molecular weight excluding hydrogens is 476 g/mol. The van der Waals surface area contributed by atoms with Gasteiger partial charge in [-0.2, -0.15) is 0 Å². The number of hydrogen-bond donors (Lipinski definition) is 0. The number of furan rings is 1. The molecule has 0 N–H and O–H groups in total. The van der Waals surface area contributed by atoms with Crippen LogP contribution in [0.3, 0.4) is 0 Å². The van der Waals surface area contributed by atoms with Gasteiger partial charge < -0.3 is 26.1 Å². The average Bonchev–Trinajstić information content (AvgIpc) is 3.35. The molecular formula is C25H22BrClN2O2. The monoisotopic (exact) mass is 496 g/mol. The molecule has 158 valence electrons. The Labute approximate surface area is 196 Å². The van der Waals surface area contributed by atoms with Gasteiger partial charge in [0, 0.05) is 34.3 Å². The molecule has 5 rings (SSSR count). The lowest BCUT2D eigenvalue weighted by molar-refractivity contribution is -0.696. The predicted molar refractivity (Wildman–Crippen MR) is 119 cm³/mol. The second-order valence-corrected chi connectivity index (χ2v) is 7.85. The van der Waals surface area contributed by atoms with E-state index < -0.39 is 0 Å². The highest BCUT2D eigenvalue weighted by Gasteiger charge is 2.09. The lowest BCUT2D eigenvalue weighted by Crippen LogP contribution is -3.00. The third-order valence-corrected chi connectivity index (χ3v) is 5.43. The third kappa shape index (κ3) is 4.94. The summed E-state index contributed by atoms with van der Waals surface area (Å²) < 4.78 is 16.3. The SMILES string of the molecule is Clc1ccc2c(c1)oc1cc(OCCC[n+]3ccn(Cc4ccccc4)c3)ccc12.[Br-]. The fourth-order valence-corrected chi connectivity index (χ4v) is 3.88. The molecule has 0 bridgehead atoms. The van der Waals surface area contributed by atoms with Crippen LogP contribution in [-0.4, -0.2) is 11.2 Å². The van der Waals surface area contributed by atoms with Crippen LogP contribution in [0.4, 0.5) is 0 Å². The molecule has 0 saturated heterocycles. The number of hydrogen-bond acceptors (Lipinski definition) is 2. The molecule has 0 aliphatic heterocycles. The van der Waals surface area contributed by atoms with Gasteiger partial charge in [-0.25, -0.2) is 9.13 Å². The molecule has 4 nitrogen and oxygen atoms in total. The molecule has 0 saturated carbocycles. The lowest BCUT2D eigenvalue weighted by atomic mass is 10.1. The maximum absolute atomic E-state index is 6.07. The van der Waals surface area contributed by atoms with Crippen molar-refractivity contribution in [1.82, 2.24) is 4.57 Å². The molecule has 31 heavy (non-hydrogen) atoms. The van der Waals surface area contributed by atoms with E-state index in [0.29, 0.717) is 11.6 Å². The smallest absolute Gasteiger partial charge is 0.244 e. The van der Waals surface area contributed by atoms with Crippen molar-refractivity contribution in [2.45, 2.75) is 19.5 Å². The Morgan fingerprint density at radius 1 is 0.935 bits per heavy atom. The zero-order valence-corrected chi connectivity index (χ0v) is 19.2. The van der Waals surface area contributed by atoms with Crippen molar-refractivity contribution in [1.29, 1.82) is 0 Å². The van der Waals surface area contributed by atoms with Gasteiger partial charge in [0.2, 0.25) is 6.33 Å². The molecule has 5 aromatic rings. The molecule has 0 radical (unpaired) electrons. The van der Waals surface area contributed by atoms with Crippen LogP contribution in [0, 0.1) is 0 Å². The maximum atomic E-state index is 6.07. The summed E-state index contributed by atoms with van der Waals surface area (Å²) in [6.07, 6.45) is 7.27. The minimum atomic E-state index is 0. The molecule has 2 aromatic heterocycles. The molecule has 0 amide bonds. The Kier molecular flexibility index (Phi) is 6.64. The van der Waals surface area contributed by atoms with Crippen molar-refractivity contribution in [3.63, 3.8) is 0 Å². The first-order valence-corrected chi connectivity index (χ1v) is 10.5. The number of imidazole rings is 1. The van der Waals surface area contributed by atoms with E-state index in [2.05, 4.69) is 52.1 Å². The Morgan fingerprint density at radius 3 is 2.55 bits per heavy atom. The number of halogens is 2. The largest absolute Gasteiger partial charge is 1.00 e. The Morgan fingerprint density at radius 2 is 1.71 bits per heavy atom. The van der Waals surface area contributed by atoms with Gasteiger partial charge >= 0.3 is 0 Å². The van der Waals surface area contributed by atoms with E-state index in [-0.39, 0.29) is 17.0 Å². The number of aryl methyl sites for hydroxylation is 1. The van der Waals surface area contributed by atoms with Crippen LogP contribution in [-0.2, 0) is 13.1 Å².